The van der Waals surface area contributed by atoms with Gasteiger partial charge >= 0.3 is 0 Å². The maximum atomic E-state index is 12.0. The zero-order valence-corrected chi connectivity index (χ0v) is 11.3. The van der Waals surface area contributed by atoms with Crippen LogP contribution in [-0.2, 0) is 4.79 Å². The average Bonchev–Trinajstić information content (AvgIpc) is 2.84. The molecule has 18 heavy (non-hydrogen) atoms. The van der Waals surface area contributed by atoms with E-state index in [-0.39, 0.29) is 11.2 Å². The van der Waals surface area contributed by atoms with Crippen LogP contribution in [0, 0.1) is 5.21 Å². The number of thioether (sulfide) groups is 1. The molecule has 0 aromatic carbocycles. The summed E-state index contributed by atoms with van der Waals surface area (Å²) < 4.78 is 0.796. The van der Waals surface area contributed by atoms with Crippen molar-refractivity contribution in [2.75, 3.05) is 0 Å². The van der Waals surface area contributed by atoms with E-state index in [0.29, 0.717) is 11.1 Å². The van der Waals surface area contributed by atoms with Crippen LogP contribution >= 0.6 is 11.8 Å². The maximum Gasteiger partial charge on any atom is 0.252 e. The first-order valence-electron chi connectivity index (χ1n) is 6.32. The van der Waals surface area contributed by atoms with E-state index in [1.54, 1.807) is 18.2 Å². The molecule has 1 fully saturated rings. The van der Waals surface area contributed by atoms with Gasteiger partial charge in [0.05, 0.1) is 5.25 Å². The minimum absolute atomic E-state index is 0.0238. The predicted octanol–water partition coefficient (Wildman–Crippen LogP) is 1.86. The van der Waals surface area contributed by atoms with Crippen LogP contribution in [0.4, 0.5) is 0 Å². The molecule has 1 heterocycles. The molecule has 1 aromatic rings. The van der Waals surface area contributed by atoms with E-state index in [1.165, 1.54) is 30.8 Å². The lowest BCUT2D eigenvalue weighted by molar-refractivity contribution is -0.645. The number of carbonyl (C=O) groups excluding carboxylic acids is 1. The first kappa shape index (κ1) is 13.2. The second-order valence-electron chi connectivity index (χ2n) is 4.61. The number of hydrogen-bond acceptors (Lipinski definition) is 3. The highest BCUT2D eigenvalue weighted by atomic mass is 32.2. The molecule has 0 radical (unpaired) electrons. The Balaban J connectivity index is 1.89. The zero-order valence-electron chi connectivity index (χ0n) is 10.5. The summed E-state index contributed by atoms with van der Waals surface area (Å²) in [6.45, 7) is 1.84. The molecule has 4 nitrogen and oxygen atoms in total. The fraction of sp³-hybridized carbons (Fsp3) is 0.538. The number of pyridine rings is 1. The van der Waals surface area contributed by atoms with Crippen molar-refractivity contribution in [3.05, 3.63) is 29.6 Å². The van der Waals surface area contributed by atoms with Gasteiger partial charge in [-0.15, -0.1) is 0 Å². The molecule has 1 aliphatic rings. The summed E-state index contributed by atoms with van der Waals surface area (Å²) in [7, 11) is 0. The fourth-order valence-corrected chi connectivity index (χ4v) is 2.99. The van der Waals surface area contributed by atoms with Crippen LogP contribution in [0.15, 0.2) is 29.4 Å². The van der Waals surface area contributed by atoms with Crippen LogP contribution < -0.4 is 10.0 Å². The smallest absolute Gasteiger partial charge is 0.252 e. The minimum atomic E-state index is -0.242. The Morgan fingerprint density at radius 3 is 2.89 bits per heavy atom. The standard InChI is InChI=1S/C13H18N2O2S/c1-10(13(16)14-11-6-2-3-7-11)18-12-8-4-5-9-15(12)17/h4-5,8-11H,2-3,6-7H2,1H3,(H,14,16)/t10-/m1/s1. The van der Waals surface area contributed by atoms with Gasteiger partial charge in [-0.25, -0.2) is 0 Å². The van der Waals surface area contributed by atoms with Crippen molar-refractivity contribution in [2.24, 2.45) is 0 Å². The van der Waals surface area contributed by atoms with Gasteiger partial charge in [-0.3, -0.25) is 4.79 Å². The highest BCUT2D eigenvalue weighted by Crippen LogP contribution is 2.22. The zero-order chi connectivity index (χ0) is 13.0. The molecule has 5 heteroatoms. The second-order valence-corrected chi connectivity index (χ2v) is 5.98. The topological polar surface area (TPSA) is 56.0 Å². The van der Waals surface area contributed by atoms with Crippen molar-refractivity contribution >= 4 is 17.7 Å². The van der Waals surface area contributed by atoms with Gasteiger partial charge in [0.25, 0.3) is 5.03 Å². The van der Waals surface area contributed by atoms with E-state index in [2.05, 4.69) is 5.32 Å². The van der Waals surface area contributed by atoms with Crippen LogP contribution in [0.3, 0.4) is 0 Å². The highest BCUT2D eigenvalue weighted by Gasteiger charge is 2.23. The van der Waals surface area contributed by atoms with E-state index in [1.807, 2.05) is 6.92 Å². The Kier molecular flexibility index (Phi) is 4.47. The summed E-state index contributed by atoms with van der Waals surface area (Å²) in [4.78, 5) is 12.0. The molecule has 0 unspecified atom stereocenters. The van der Waals surface area contributed by atoms with Crippen molar-refractivity contribution in [3.63, 3.8) is 0 Å². The van der Waals surface area contributed by atoms with Crippen molar-refractivity contribution in [1.29, 1.82) is 0 Å². The van der Waals surface area contributed by atoms with Crippen molar-refractivity contribution in [3.8, 4) is 0 Å². The molecular weight excluding hydrogens is 248 g/mol. The number of aromatic nitrogens is 1. The Hall–Kier alpha value is -1.23. The molecule has 1 N–H and O–H groups in total. The normalized spacial score (nSPS) is 17.6. The van der Waals surface area contributed by atoms with Gasteiger partial charge in [-0.2, -0.15) is 4.73 Å². The molecule has 1 saturated carbocycles. The lowest BCUT2D eigenvalue weighted by atomic mass is 10.2. The molecule has 1 aromatic heterocycles. The first-order valence-corrected chi connectivity index (χ1v) is 7.20. The van der Waals surface area contributed by atoms with Gasteiger partial charge in [-0.05, 0) is 37.6 Å². The fourth-order valence-electron chi connectivity index (χ4n) is 2.13. The second kappa shape index (κ2) is 6.09. The third kappa shape index (κ3) is 3.38. The highest BCUT2D eigenvalue weighted by molar-refractivity contribution is 8.00. The number of hydrogen-bond donors (Lipinski definition) is 1. The van der Waals surface area contributed by atoms with Crippen LogP contribution in [0.1, 0.15) is 32.6 Å². The van der Waals surface area contributed by atoms with E-state index in [4.69, 9.17) is 0 Å². The number of carbonyl (C=O) groups is 1. The van der Waals surface area contributed by atoms with Crippen LogP contribution in [0.25, 0.3) is 0 Å². The summed E-state index contributed by atoms with van der Waals surface area (Å²) in [6.07, 6.45) is 6.01. The summed E-state index contributed by atoms with van der Waals surface area (Å²) in [5.41, 5.74) is 0. The Labute approximate surface area is 111 Å². The Bertz CT molecular complexity index is 419. The van der Waals surface area contributed by atoms with Gasteiger partial charge < -0.3 is 10.5 Å². The predicted molar refractivity (Wildman–Crippen MR) is 71.1 cm³/mol. The maximum absolute atomic E-state index is 12.0. The van der Waals surface area contributed by atoms with Gasteiger partial charge in [0.15, 0.2) is 6.20 Å². The van der Waals surface area contributed by atoms with Crippen molar-refractivity contribution in [2.45, 2.75) is 48.9 Å². The summed E-state index contributed by atoms with van der Waals surface area (Å²) in [5, 5.41) is 14.9. The quantitative estimate of drug-likeness (QED) is 0.514. The SMILES string of the molecule is C[C@@H](Sc1cccc[n+]1[O-])C(=O)NC1CCCC1. The summed E-state index contributed by atoms with van der Waals surface area (Å²) >= 11 is 1.30. The molecule has 1 atom stereocenters. The summed E-state index contributed by atoms with van der Waals surface area (Å²) in [6, 6.07) is 5.55. The monoisotopic (exact) mass is 266 g/mol. The van der Waals surface area contributed by atoms with E-state index in [0.717, 1.165) is 17.6 Å². The molecule has 0 aliphatic heterocycles. The van der Waals surface area contributed by atoms with E-state index < -0.39 is 0 Å². The van der Waals surface area contributed by atoms with Crippen molar-refractivity contribution in [1.82, 2.24) is 5.32 Å². The van der Waals surface area contributed by atoms with Crippen LogP contribution in [0.2, 0.25) is 0 Å². The minimum Gasteiger partial charge on any atom is -0.618 e. The third-order valence-electron chi connectivity index (χ3n) is 3.16. The van der Waals surface area contributed by atoms with E-state index >= 15 is 0 Å². The lowest BCUT2D eigenvalue weighted by Crippen LogP contribution is -2.38. The summed E-state index contributed by atoms with van der Waals surface area (Å²) in [5.74, 6) is 0.0238. The Morgan fingerprint density at radius 1 is 1.50 bits per heavy atom. The Morgan fingerprint density at radius 2 is 2.22 bits per heavy atom. The van der Waals surface area contributed by atoms with E-state index in [9.17, 15) is 10.0 Å². The first-order chi connectivity index (χ1) is 8.66. The molecule has 1 aliphatic carbocycles. The lowest BCUT2D eigenvalue weighted by Gasteiger charge is -2.15. The molecule has 0 spiro atoms. The number of nitrogens with zero attached hydrogens (tertiary/aromatic N) is 1. The van der Waals surface area contributed by atoms with Crippen LogP contribution in [-0.4, -0.2) is 17.2 Å². The molecule has 0 bridgehead atoms. The number of nitrogens with one attached hydrogen (secondary N) is 1. The van der Waals surface area contributed by atoms with Crippen molar-refractivity contribution < 1.29 is 9.52 Å². The van der Waals surface area contributed by atoms with Crippen LogP contribution in [0.5, 0.6) is 0 Å². The molecule has 1 amide bonds. The number of rotatable bonds is 4. The third-order valence-corrected chi connectivity index (χ3v) is 4.28. The van der Waals surface area contributed by atoms with Gasteiger partial charge in [0.2, 0.25) is 5.91 Å². The number of amides is 1. The molecule has 98 valence electrons. The largest absolute Gasteiger partial charge is 0.618 e. The van der Waals surface area contributed by atoms with Gasteiger partial charge in [-0.1, -0.05) is 12.8 Å². The molecule has 2 rings (SSSR count). The molecule has 0 saturated heterocycles. The van der Waals surface area contributed by atoms with Gasteiger partial charge in [0, 0.05) is 18.2 Å². The van der Waals surface area contributed by atoms with Gasteiger partial charge in [0.1, 0.15) is 0 Å². The molecular formula is C13H18N2O2S. The average molecular weight is 266 g/mol.